The number of hydrogen-bond donors (Lipinski definition) is 1. The number of benzene rings is 1. The number of aromatic carboxylic acids is 1. The van der Waals surface area contributed by atoms with Crippen molar-refractivity contribution >= 4 is 5.97 Å². The Balaban J connectivity index is 1.59. The number of aromatic nitrogens is 1. The summed E-state index contributed by atoms with van der Waals surface area (Å²) in [5, 5.41) is 12.1. The van der Waals surface area contributed by atoms with Crippen LogP contribution in [0.5, 0.6) is 5.75 Å². The molecule has 5 heteroatoms. The highest BCUT2D eigenvalue weighted by molar-refractivity contribution is 5.85. The molecule has 0 spiro atoms. The van der Waals surface area contributed by atoms with Gasteiger partial charge in [0, 0.05) is 6.07 Å². The Morgan fingerprint density at radius 2 is 2.11 bits per heavy atom. The fourth-order valence-corrected chi connectivity index (χ4v) is 1.89. The topological polar surface area (TPSA) is 72.6 Å². The molecule has 1 heterocycles. The zero-order valence-electron chi connectivity index (χ0n) is 10.2. The van der Waals surface area contributed by atoms with Crippen LogP contribution in [0.3, 0.4) is 0 Å². The lowest BCUT2D eigenvalue weighted by molar-refractivity contribution is 0.0685. The van der Waals surface area contributed by atoms with Crippen LogP contribution < -0.4 is 4.74 Å². The van der Waals surface area contributed by atoms with E-state index in [1.165, 1.54) is 24.5 Å². The molecule has 0 saturated heterocycles. The van der Waals surface area contributed by atoms with Crippen molar-refractivity contribution in [3.05, 3.63) is 47.3 Å². The highest BCUT2D eigenvalue weighted by Gasteiger charge is 2.23. The van der Waals surface area contributed by atoms with Gasteiger partial charge in [-0.25, -0.2) is 4.79 Å². The van der Waals surface area contributed by atoms with Crippen molar-refractivity contribution in [1.82, 2.24) is 5.16 Å². The third kappa shape index (κ3) is 2.76. The third-order valence-corrected chi connectivity index (χ3v) is 3.09. The molecule has 0 amide bonds. The van der Waals surface area contributed by atoms with E-state index in [-0.39, 0.29) is 12.3 Å². The maximum absolute atomic E-state index is 10.6. The maximum atomic E-state index is 10.6. The summed E-state index contributed by atoms with van der Waals surface area (Å²) in [6, 6.07) is 9.33. The molecule has 0 aliphatic heterocycles. The summed E-state index contributed by atoms with van der Waals surface area (Å²) in [5.41, 5.74) is 1.24. The molecule has 1 aliphatic carbocycles. The fourth-order valence-electron chi connectivity index (χ4n) is 1.89. The number of rotatable bonds is 5. The van der Waals surface area contributed by atoms with Crippen molar-refractivity contribution in [2.24, 2.45) is 0 Å². The lowest BCUT2D eigenvalue weighted by Gasteiger charge is -2.04. The van der Waals surface area contributed by atoms with Gasteiger partial charge in [0.1, 0.15) is 12.4 Å². The molecule has 98 valence electrons. The van der Waals surface area contributed by atoms with E-state index < -0.39 is 5.97 Å². The number of carbonyl (C=O) groups is 1. The minimum atomic E-state index is -1.11. The van der Waals surface area contributed by atoms with Gasteiger partial charge in [-0.15, -0.1) is 0 Å². The van der Waals surface area contributed by atoms with Gasteiger partial charge < -0.3 is 14.4 Å². The van der Waals surface area contributed by atoms with Crippen LogP contribution in [0.25, 0.3) is 0 Å². The normalized spacial score (nSPS) is 14.3. The SMILES string of the molecule is O=C(O)c1cc(COc2ccc(C3CC3)cc2)on1. The molecule has 1 fully saturated rings. The molecule has 1 aromatic heterocycles. The molecule has 1 aromatic carbocycles. The van der Waals surface area contributed by atoms with Crippen LogP contribution in [0.4, 0.5) is 0 Å². The van der Waals surface area contributed by atoms with Gasteiger partial charge in [-0.1, -0.05) is 17.3 Å². The van der Waals surface area contributed by atoms with Gasteiger partial charge in [0.15, 0.2) is 11.5 Å². The van der Waals surface area contributed by atoms with Gasteiger partial charge in [-0.2, -0.15) is 0 Å². The summed E-state index contributed by atoms with van der Waals surface area (Å²) in [4.78, 5) is 10.6. The predicted octanol–water partition coefficient (Wildman–Crippen LogP) is 2.83. The Morgan fingerprint density at radius 1 is 1.37 bits per heavy atom. The standard InChI is InChI=1S/C14H13NO4/c16-14(17)13-7-12(19-15-13)8-18-11-5-3-10(4-6-11)9-1-2-9/h3-7,9H,1-2,8H2,(H,16,17). The van der Waals surface area contributed by atoms with E-state index in [2.05, 4.69) is 17.3 Å². The number of nitrogens with zero attached hydrogens (tertiary/aromatic N) is 1. The van der Waals surface area contributed by atoms with Gasteiger partial charge in [0.25, 0.3) is 0 Å². The molecule has 0 radical (unpaired) electrons. The van der Waals surface area contributed by atoms with E-state index in [0.29, 0.717) is 5.76 Å². The second kappa shape index (κ2) is 4.76. The first-order chi connectivity index (χ1) is 9.22. The molecule has 1 N–H and O–H groups in total. The van der Waals surface area contributed by atoms with E-state index >= 15 is 0 Å². The Kier molecular flexibility index (Phi) is 2.95. The van der Waals surface area contributed by atoms with E-state index in [9.17, 15) is 4.79 Å². The van der Waals surface area contributed by atoms with Crippen LogP contribution in [-0.4, -0.2) is 16.2 Å². The van der Waals surface area contributed by atoms with Crippen molar-refractivity contribution in [3.8, 4) is 5.75 Å². The molecule has 2 aromatic rings. The van der Waals surface area contributed by atoms with E-state index in [1.54, 1.807) is 0 Å². The van der Waals surface area contributed by atoms with Gasteiger partial charge >= 0.3 is 5.97 Å². The summed E-state index contributed by atoms with van der Waals surface area (Å²) >= 11 is 0. The number of ether oxygens (including phenoxy) is 1. The number of carboxylic acid groups (broad SMARTS) is 1. The average molecular weight is 259 g/mol. The van der Waals surface area contributed by atoms with E-state index in [1.807, 2.05) is 12.1 Å². The summed E-state index contributed by atoms with van der Waals surface area (Å²) < 4.78 is 10.4. The van der Waals surface area contributed by atoms with Gasteiger partial charge in [0.2, 0.25) is 0 Å². The van der Waals surface area contributed by atoms with Gasteiger partial charge in [0.05, 0.1) is 0 Å². The fraction of sp³-hybridized carbons (Fsp3) is 0.286. The maximum Gasteiger partial charge on any atom is 0.358 e. The summed E-state index contributed by atoms with van der Waals surface area (Å²) in [5.74, 6) is 0.742. The van der Waals surface area contributed by atoms with Crippen LogP contribution in [0, 0.1) is 0 Å². The minimum Gasteiger partial charge on any atom is -0.486 e. The summed E-state index contributed by atoms with van der Waals surface area (Å²) in [6.45, 7) is 0.170. The smallest absolute Gasteiger partial charge is 0.358 e. The first-order valence-corrected chi connectivity index (χ1v) is 6.14. The Bertz CT molecular complexity index is 584. The lowest BCUT2D eigenvalue weighted by Crippen LogP contribution is -1.96. The monoisotopic (exact) mass is 259 g/mol. The molecule has 0 unspecified atom stereocenters. The molecule has 1 saturated carbocycles. The quantitative estimate of drug-likeness (QED) is 0.893. The highest BCUT2D eigenvalue weighted by atomic mass is 16.5. The van der Waals surface area contributed by atoms with Crippen LogP contribution >= 0.6 is 0 Å². The van der Waals surface area contributed by atoms with E-state index in [0.717, 1.165) is 11.7 Å². The van der Waals surface area contributed by atoms with Crippen molar-refractivity contribution in [1.29, 1.82) is 0 Å². The molecule has 3 rings (SSSR count). The minimum absolute atomic E-state index is 0.109. The number of hydrogen-bond acceptors (Lipinski definition) is 4. The average Bonchev–Trinajstić information content (AvgIpc) is 3.15. The predicted molar refractivity (Wildman–Crippen MR) is 66.2 cm³/mol. The largest absolute Gasteiger partial charge is 0.486 e. The zero-order valence-corrected chi connectivity index (χ0v) is 10.2. The lowest BCUT2D eigenvalue weighted by atomic mass is 10.1. The molecule has 0 bridgehead atoms. The first-order valence-electron chi connectivity index (χ1n) is 6.14. The van der Waals surface area contributed by atoms with Gasteiger partial charge in [-0.05, 0) is 36.5 Å². The molecule has 0 atom stereocenters. The van der Waals surface area contributed by atoms with Crippen LogP contribution in [0.2, 0.25) is 0 Å². The Labute approximate surface area is 109 Å². The molecule has 1 aliphatic rings. The Morgan fingerprint density at radius 3 is 2.68 bits per heavy atom. The van der Waals surface area contributed by atoms with Crippen molar-refractivity contribution in [2.45, 2.75) is 25.4 Å². The molecule has 5 nitrogen and oxygen atoms in total. The van der Waals surface area contributed by atoms with Crippen molar-refractivity contribution < 1.29 is 19.2 Å². The van der Waals surface area contributed by atoms with E-state index in [4.69, 9.17) is 14.4 Å². The second-order valence-electron chi connectivity index (χ2n) is 4.62. The molecule has 19 heavy (non-hydrogen) atoms. The summed E-state index contributed by atoms with van der Waals surface area (Å²) in [6.07, 6.45) is 2.55. The van der Waals surface area contributed by atoms with Crippen LogP contribution in [0.1, 0.15) is 40.6 Å². The van der Waals surface area contributed by atoms with Crippen molar-refractivity contribution in [2.75, 3.05) is 0 Å². The third-order valence-electron chi connectivity index (χ3n) is 3.09. The Hall–Kier alpha value is -2.30. The molecular formula is C14H13NO4. The van der Waals surface area contributed by atoms with Crippen molar-refractivity contribution in [3.63, 3.8) is 0 Å². The number of carboxylic acids is 1. The molecular weight excluding hydrogens is 246 g/mol. The first kappa shape index (κ1) is 11.8. The van der Waals surface area contributed by atoms with Crippen LogP contribution in [-0.2, 0) is 6.61 Å². The van der Waals surface area contributed by atoms with Crippen LogP contribution in [0.15, 0.2) is 34.9 Å². The van der Waals surface area contributed by atoms with Gasteiger partial charge in [-0.3, -0.25) is 0 Å². The highest BCUT2D eigenvalue weighted by Crippen LogP contribution is 2.40. The zero-order chi connectivity index (χ0) is 13.2. The summed E-state index contributed by atoms with van der Waals surface area (Å²) in [7, 11) is 0. The second-order valence-corrected chi connectivity index (χ2v) is 4.62.